The molecule has 5 nitrogen and oxygen atoms in total. The lowest BCUT2D eigenvalue weighted by Gasteiger charge is -2.07. The number of benzene rings is 1. The molecule has 0 saturated carbocycles. The van der Waals surface area contributed by atoms with E-state index in [2.05, 4.69) is 15.5 Å². The first-order valence-corrected chi connectivity index (χ1v) is 8.62. The first kappa shape index (κ1) is 16.5. The summed E-state index contributed by atoms with van der Waals surface area (Å²) >= 11 is 6.73. The third-order valence-electron chi connectivity index (χ3n) is 3.43. The zero-order valence-corrected chi connectivity index (χ0v) is 14.3. The van der Waals surface area contributed by atoms with Gasteiger partial charge in [-0.1, -0.05) is 18.2 Å². The number of nitrogens with zero attached hydrogens (tertiary/aromatic N) is 2. The van der Waals surface area contributed by atoms with E-state index in [4.69, 9.17) is 12.2 Å². The number of H-pyrrole nitrogens is 1. The predicted molar refractivity (Wildman–Crippen MR) is 93.8 cm³/mol. The van der Waals surface area contributed by atoms with Crippen LogP contribution >= 0.6 is 23.6 Å². The molecule has 124 valence electrons. The predicted octanol–water partition coefficient (Wildman–Crippen LogP) is 3.17. The molecule has 0 aliphatic carbocycles. The van der Waals surface area contributed by atoms with Crippen LogP contribution in [0.5, 0.6) is 0 Å². The van der Waals surface area contributed by atoms with E-state index in [0.29, 0.717) is 23.6 Å². The van der Waals surface area contributed by atoms with Crippen molar-refractivity contribution >= 4 is 29.5 Å². The minimum absolute atomic E-state index is 0.0890. The Hall–Kier alpha value is -2.32. The summed E-state index contributed by atoms with van der Waals surface area (Å²) in [7, 11) is 0. The van der Waals surface area contributed by atoms with Gasteiger partial charge in [0.05, 0.1) is 4.88 Å². The van der Waals surface area contributed by atoms with E-state index in [0.717, 1.165) is 10.4 Å². The highest BCUT2D eigenvalue weighted by Gasteiger charge is 2.12. The van der Waals surface area contributed by atoms with Gasteiger partial charge in [-0.15, -0.1) is 11.3 Å². The number of thiophene rings is 1. The molecule has 0 atom stereocenters. The molecule has 0 aliphatic rings. The number of amides is 1. The van der Waals surface area contributed by atoms with Gasteiger partial charge < -0.3 is 5.32 Å². The van der Waals surface area contributed by atoms with E-state index in [-0.39, 0.29) is 18.3 Å². The van der Waals surface area contributed by atoms with Crippen LogP contribution in [0, 0.1) is 10.6 Å². The van der Waals surface area contributed by atoms with Crippen LogP contribution in [0.1, 0.15) is 5.56 Å². The van der Waals surface area contributed by atoms with Gasteiger partial charge >= 0.3 is 0 Å². The van der Waals surface area contributed by atoms with Crippen LogP contribution in [0.25, 0.3) is 10.7 Å². The summed E-state index contributed by atoms with van der Waals surface area (Å²) < 4.78 is 15.2. The number of carbonyl (C=O) groups excluding carboxylic acids is 1. The molecule has 2 aromatic heterocycles. The zero-order valence-electron chi connectivity index (χ0n) is 12.7. The molecule has 3 aromatic rings. The van der Waals surface area contributed by atoms with E-state index in [1.54, 1.807) is 10.6 Å². The Bertz CT molecular complexity index is 886. The van der Waals surface area contributed by atoms with Gasteiger partial charge in [-0.2, -0.15) is 5.10 Å². The minimum Gasteiger partial charge on any atom is -0.354 e. The maximum absolute atomic E-state index is 13.1. The van der Waals surface area contributed by atoms with Gasteiger partial charge in [0.1, 0.15) is 12.4 Å². The third kappa shape index (κ3) is 3.95. The molecular weight excluding hydrogens is 347 g/mol. The number of halogens is 1. The smallest absolute Gasteiger partial charge is 0.240 e. The summed E-state index contributed by atoms with van der Waals surface area (Å²) in [4.78, 5) is 13.1. The van der Waals surface area contributed by atoms with E-state index in [1.807, 2.05) is 23.6 Å². The van der Waals surface area contributed by atoms with Crippen molar-refractivity contribution in [3.8, 4) is 10.7 Å². The van der Waals surface area contributed by atoms with Crippen LogP contribution < -0.4 is 5.32 Å². The van der Waals surface area contributed by atoms with Gasteiger partial charge in [0.25, 0.3) is 0 Å². The molecule has 0 saturated heterocycles. The largest absolute Gasteiger partial charge is 0.354 e. The molecule has 0 spiro atoms. The molecule has 1 amide bonds. The number of hydrogen-bond donors (Lipinski definition) is 2. The fourth-order valence-corrected chi connectivity index (χ4v) is 3.22. The Morgan fingerprint density at radius 1 is 1.38 bits per heavy atom. The second kappa shape index (κ2) is 7.50. The third-order valence-corrected chi connectivity index (χ3v) is 4.60. The van der Waals surface area contributed by atoms with Crippen molar-refractivity contribution in [2.24, 2.45) is 0 Å². The van der Waals surface area contributed by atoms with Crippen LogP contribution in [0.2, 0.25) is 0 Å². The standard InChI is InChI=1S/C16H15FN4OS2/c17-12-4-1-3-11(9-12)6-7-18-14(22)10-21-15(19-20-16(21)23)13-5-2-8-24-13/h1-5,8-9H,6-7,10H2,(H,18,22)(H,20,23). The highest BCUT2D eigenvalue weighted by atomic mass is 32.1. The van der Waals surface area contributed by atoms with Crippen molar-refractivity contribution in [2.45, 2.75) is 13.0 Å². The number of carbonyl (C=O) groups is 1. The number of hydrogen-bond acceptors (Lipinski definition) is 4. The first-order chi connectivity index (χ1) is 11.6. The lowest BCUT2D eigenvalue weighted by atomic mass is 10.1. The lowest BCUT2D eigenvalue weighted by molar-refractivity contribution is -0.121. The SMILES string of the molecule is O=C(Cn1c(-c2cccs2)n[nH]c1=S)NCCc1cccc(F)c1. The first-order valence-electron chi connectivity index (χ1n) is 7.34. The molecule has 0 bridgehead atoms. The van der Waals surface area contributed by atoms with Gasteiger partial charge in [-0.25, -0.2) is 4.39 Å². The Balaban J connectivity index is 1.60. The maximum atomic E-state index is 13.1. The van der Waals surface area contributed by atoms with Gasteiger partial charge in [0, 0.05) is 6.54 Å². The topological polar surface area (TPSA) is 62.7 Å². The van der Waals surface area contributed by atoms with Crippen LogP contribution in [0.3, 0.4) is 0 Å². The van der Waals surface area contributed by atoms with Crippen molar-refractivity contribution in [3.05, 3.63) is 57.9 Å². The molecule has 0 fully saturated rings. The summed E-state index contributed by atoms with van der Waals surface area (Å²) in [5.74, 6) is 0.209. The van der Waals surface area contributed by atoms with Crippen molar-refractivity contribution < 1.29 is 9.18 Å². The van der Waals surface area contributed by atoms with E-state index in [9.17, 15) is 9.18 Å². The molecule has 8 heteroatoms. The second-order valence-corrected chi connectivity index (χ2v) is 6.48. The summed E-state index contributed by atoms with van der Waals surface area (Å²) in [5.41, 5.74) is 0.842. The molecular formula is C16H15FN4OS2. The summed E-state index contributed by atoms with van der Waals surface area (Å²) in [6, 6.07) is 10.2. The normalized spacial score (nSPS) is 10.7. The van der Waals surface area contributed by atoms with Crippen LogP contribution in [-0.2, 0) is 17.8 Å². The molecule has 0 radical (unpaired) electrons. The number of aromatic amines is 1. The Morgan fingerprint density at radius 2 is 2.25 bits per heavy atom. The summed E-state index contributed by atoms with van der Waals surface area (Å²) in [5, 5.41) is 11.7. The Labute approximate surface area is 147 Å². The Kier molecular flexibility index (Phi) is 5.17. The monoisotopic (exact) mass is 362 g/mol. The van der Waals surface area contributed by atoms with Gasteiger partial charge in [-0.3, -0.25) is 14.5 Å². The number of nitrogens with one attached hydrogen (secondary N) is 2. The van der Waals surface area contributed by atoms with E-state index >= 15 is 0 Å². The number of aromatic nitrogens is 3. The van der Waals surface area contributed by atoms with Crippen LogP contribution in [0.15, 0.2) is 41.8 Å². The quantitative estimate of drug-likeness (QED) is 0.662. The Morgan fingerprint density at radius 3 is 3.00 bits per heavy atom. The number of rotatable bonds is 6. The lowest BCUT2D eigenvalue weighted by Crippen LogP contribution is -2.29. The second-order valence-electron chi connectivity index (χ2n) is 5.15. The average molecular weight is 362 g/mol. The van der Waals surface area contributed by atoms with Crippen molar-refractivity contribution in [2.75, 3.05) is 6.54 Å². The highest BCUT2D eigenvalue weighted by Crippen LogP contribution is 2.22. The molecule has 0 unspecified atom stereocenters. The summed E-state index contributed by atoms with van der Waals surface area (Å²) in [6.45, 7) is 0.521. The van der Waals surface area contributed by atoms with Gasteiger partial charge in [0.15, 0.2) is 10.6 Å². The molecule has 2 N–H and O–H groups in total. The molecule has 24 heavy (non-hydrogen) atoms. The molecule has 2 heterocycles. The van der Waals surface area contributed by atoms with Crippen LogP contribution in [0.4, 0.5) is 4.39 Å². The highest BCUT2D eigenvalue weighted by molar-refractivity contribution is 7.71. The zero-order chi connectivity index (χ0) is 16.9. The fourth-order valence-electron chi connectivity index (χ4n) is 2.30. The van der Waals surface area contributed by atoms with Gasteiger partial charge in [-0.05, 0) is 47.8 Å². The van der Waals surface area contributed by atoms with Crippen molar-refractivity contribution in [3.63, 3.8) is 0 Å². The van der Waals surface area contributed by atoms with Crippen molar-refractivity contribution in [1.29, 1.82) is 0 Å². The average Bonchev–Trinajstić information content (AvgIpc) is 3.18. The van der Waals surface area contributed by atoms with E-state index in [1.165, 1.54) is 23.5 Å². The minimum atomic E-state index is -0.274. The molecule has 1 aromatic carbocycles. The van der Waals surface area contributed by atoms with E-state index < -0.39 is 0 Å². The molecule has 3 rings (SSSR count). The fraction of sp³-hybridized carbons (Fsp3) is 0.188. The van der Waals surface area contributed by atoms with Crippen molar-refractivity contribution in [1.82, 2.24) is 20.1 Å². The molecule has 0 aliphatic heterocycles. The summed E-state index contributed by atoms with van der Waals surface area (Å²) in [6.07, 6.45) is 0.568. The maximum Gasteiger partial charge on any atom is 0.240 e. The van der Waals surface area contributed by atoms with Crippen LogP contribution in [-0.4, -0.2) is 27.2 Å². The van der Waals surface area contributed by atoms with Gasteiger partial charge in [0.2, 0.25) is 5.91 Å².